The van der Waals surface area contributed by atoms with Crippen molar-refractivity contribution in [3.63, 3.8) is 0 Å². The first-order valence-corrected chi connectivity index (χ1v) is 19.2. The fourth-order valence-electron chi connectivity index (χ4n) is 2.21. The van der Waals surface area contributed by atoms with Gasteiger partial charge in [-0.25, -0.2) is 54.3 Å². The molecule has 0 saturated carbocycles. The maximum atomic E-state index is 12.6. The molecule has 0 heterocycles. The molecule has 0 fully saturated rings. The first-order chi connectivity index (χ1) is 36.8. The van der Waals surface area contributed by atoms with E-state index in [0.717, 1.165) is 0 Å². The molecule has 0 aliphatic rings. The lowest BCUT2D eigenvalue weighted by Crippen LogP contribution is -2.65. The lowest BCUT2D eigenvalue weighted by Gasteiger charge is -2.31. The Labute approximate surface area is 457 Å². The van der Waals surface area contributed by atoms with Gasteiger partial charge < -0.3 is 58.1 Å². The minimum absolute atomic E-state index is 0.0891. The summed E-state index contributed by atoms with van der Waals surface area (Å²) in [4.78, 5) is 77.5. The van der Waals surface area contributed by atoms with Gasteiger partial charge in [0.2, 0.25) is 11.3 Å². The van der Waals surface area contributed by atoms with Crippen molar-refractivity contribution < 1.29 is 215 Å². The highest BCUT2D eigenvalue weighted by molar-refractivity contribution is 5.80. The molecule has 87 heavy (non-hydrogen) atoms. The van der Waals surface area contributed by atoms with Gasteiger partial charge in [0, 0.05) is 0 Å². The minimum atomic E-state index is -5.69. The standard InChI is InChI=1S/2C5H6F5NO2.2C5H7F4NO2.2C3H3F4NO2.C3H4F3NO2.C3H5F2NO2/c2*1-3(6,5(8,9)10)4(7,11)2(12)13;2*1-4(6,5(7,8)9)2(10)3(11)12;2*4-2(8,1(9)10)3(5,6)7;4-3(5,6)1(7)2(8)9;4-3(5,6)1-2(7)8/h2*11H2,1H3,(H,12,13);2*2H,10H2,1H3,(H,11,12);2*8H2,(H,9,10);1H,7H2,(H,8,9);1,6H2,(H,7,8)/t;;;;2-;;1-;/m....1.1./s1. The van der Waals surface area contributed by atoms with Crippen LogP contribution < -0.4 is 45.9 Å². The van der Waals surface area contributed by atoms with E-state index in [9.17, 15) is 174 Å². The zero-order valence-electron chi connectivity index (χ0n) is 41.6. The largest absolute Gasteiger partial charge is 0.481 e. The number of aliphatic carboxylic acids is 8. The Bertz CT molecular complexity index is 2130. The smallest absolute Gasteiger partial charge is 0.447 e. The number of hydrogen-bond donors (Lipinski definition) is 16. The molecule has 522 valence electrons. The van der Waals surface area contributed by atoms with Crippen molar-refractivity contribution in [2.24, 2.45) is 45.9 Å². The number of carbonyl (C=O) groups is 8. The van der Waals surface area contributed by atoms with Gasteiger partial charge >= 0.3 is 109 Å². The first kappa shape index (κ1) is 96.6. The summed E-state index contributed by atoms with van der Waals surface area (Å²) < 4.78 is 363. The van der Waals surface area contributed by atoms with Crippen molar-refractivity contribution in [1.29, 1.82) is 0 Å². The predicted molar refractivity (Wildman–Crippen MR) is 211 cm³/mol. The number of carboxylic acids is 8. The molecule has 9 unspecified atom stereocenters. The lowest BCUT2D eigenvalue weighted by atomic mass is 9.96. The van der Waals surface area contributed by atoms with Crippen LogP contribution in [0.5, 0.6) is 0 Å². The van der Waals surface area contributed by atoms with Crippen LogP contribution >= 0.6 is 0 Å². The van der Waals surface area contributed by atoms with Gasteiger partial charge in [0.1, 0.15) is 18.5 Å². The third-order valence-corrected chi connectivity index (χ3v) is 8.32. The second kappa shape index (κ2) is 32.0. The number of nitrogens with two attached hydrogens (primary N) is 8. The van der Waals surface area contributed by atoms with Crippen molar-refractivity contribution in [2.75, 3.05) is 0 Å². The van der Waals surface area contributed by atoms with Crippen molar-refractivity contribution >= 4 is 47.8 Å². The minimum Gasteiger partial charge on any atom is -0.481 e. The van der Waals surface area contributed by atoms with Crippen molar-refractivity contribution in [1.82, 2.24) is 0 Å². The Balaban J connectivity index is -0.000000137. The van der Waals surface area contributed by atoms with E-state index in [0.29, 0.717) is 0 Å². The van der Waals surface area contributed by atoms with Crippen LogP contribution in [0.15, 0.2) is 0 Å². The third kappa shape index (κ3) is 30.6. The second-order valence-corrected chi connectivity index (χ2v) is 15.5. The highest BCUT2D eigenvalue weighted by Crippen LogP contribution is 2.43. The molecule has 0 aliphatic carbocycles. The molecular formula is C32H41F31N8O16. The summed E-state index contributed by atoms with van der Waals surface area (Å²) in [6.07, 6.45) is -39.2. The van der Waals surface area contributed by atoms with Crippen LogP contribution in [-0.2, 0) is 38.4 Å². The summed E-state index contributed by atoms with van der Waals surface area (Å²) in [5, 5.41) is 62.3. The van der Waals surface area contributed by atoms with E-state index in [1.54, 1.807) is 0 Å². The van der Waals surface area contributed by atoms with Crippen LogP contribution in [0.3, 0.4) is 0 Å². The van der Waals surface area contributed by atoms with Crippen molar-refractivity contribution in [2.45, 2.75) is 147 Å². The quantitative estimate of drug-likeness (QED) is 0.0920. The summed E-state index contributed by atoms with van der Waals surface area (Å²) in [5.74, 6) is -36.9. The highest BCUT2D eigenvalue weighted by atomic mass is 19.4. The SMILES string of the molecule is CC(F)(C(F)(F)F)C(N)(F)C(=O)O.CC(F)(C(F)(F)F)C(N)(F)C(=O)O.CC(F)(C(N)C(=O)O)C(F)(F)F.CC(F)(C(N)C(=O)O)C(F)(F)F.NC(F)(C(=O)O)C(F)(F)F.NC(F)(F)CC(=O)O.N[C@H](C(=O)O)C(F)(F)F.N[C@](F)(C(=O)O)C(F)(F)F. The van der Waals surface area contributed by atoms with E-state index in [2.05, 4.69) is 45.9 Å². The number of halogens is 31. The summed E-state index contributed by atoms with van der Waals surface area (Å²) in [6, 6.07) is -11.5. The van der Waals surface area contributed by atoms with Gasteiger partial charge in [-0.2, -0.15) is 101 Å². The maximum Gasteiger partial charge on any atom is 0.447 e. The summed E-state index contributed by atoms with van der Waals surface area (Å²) in [7, 11) is 0. The van der Waals surface area contributed by atoms with Gasteiger partial charge in [0.05, 0.1) is 0 Å². The van der Waals surface area contributed by atoms with Gasteiger partial charge in [-0.1, -0.05) is 0 Å². The predicted octanol–water partition coefficient (Wildman–Crippen LogP) is 3.84. The van der Waals surface area contributed by atoms with E-state index >= 15 is 0 Å². The van der Waals surface area contributed by atoms with E-state index in [1.165, 1.54) is 0 Å². The molecule has 0 spiro atoms. The van der Waals surface area contributed by atoms with Gasteiger partial charge in [0.25, 0.3) is 22.9 Å². The van der Waals surface area contributed by atoms with Crippen LogP contribution in [0.2, 0.25) is 0 Å². The zero-order chi connectivity index (χ0) is 74.1. The van der Waals surface area contributed by atoms with E-state index in [-0.39, 0.29) is 27.7 Å². The maximum absolute atomic E-state index is 12.6. The van der Waals surface area contributed by atoms with Crippen LogP contribution in [-0.4, -0.2) is 202 Å². The normalized spacial score (nSPS) is 18.7. The molecule has 0 radical (unpaired) electrons. The molecular weight excluding hydrogens is 1340 g/mol. The molecule has 24 nitrogen and oxygen atoms in total. The molecule has 0 saturated heterocycles. The van der Waals surface area contributed by atoms with Crippen LogP contribution in [0.25, 0.3) is 0 Å². The Kier molecular flexibility index (Phi) is 35.5. The third-order valence-electron chi connectivity index (χ3n) is 8.32. The zero-order valence-corrected chi connectivity index (χ0v) is 41.6. The molecule has 0 rings (SSSR count). The van der Waals surface area contributed by atoms with Crippen LogP contribution in [0.1, 0.15) is 34.1 Å². The monoisotopic (exact) mass is 1380 g/mol. The molecule has 0 aromatic heterocycles. The second-order valence-electron chi connectivity index (χ2n) is 15.5. The molecule has 24 N–H and O–H groups in total. The topological polar surface area (TPSA) is 507 Å². The number of rotatable bonds is 13. The fraction of sp³-hybridized carbons (Fsp3) is 0.750. The molecule has 0 bridgehead atoms. The molecule has 11 atom stereocenters. The molecule has 0 amide bonds. The summed E-state index contributed by atoms with van der Waals surface area (Å²) >= 11 is 0. The Morgan fingerprint density at radius 1 is 0.299 bits per heavy atom. The Morgan fingerprint density at radius 2 is 0.471 bits per heavy atom. The summed E-state index contributed by atoms with van der Waals surface area (Å²) in [5.41, 5.74) is 15.7. The number of carboxylic acid groups (broad SMARTS) is 8. The number of hydrogen-bond acceptors (Lipinski definition) is 16. The van der Waals surface area contributed by atoms with E-state index in [1.807, 2.05) is 0 Å². The van der Waals surface area contributed by atoms with Crippen molar-refractivity contribution in [3.8, 4) is 0 Å². The highest BCUT2D eigenvalue weighted by Gasteiger charge is 2.70. The van der Waals surface area contributed by atoms with E-state index < -0.39 is 167 Å². The van der Waals surface area contributed by atoms with E-state index in [4.69, 9.17) is 40.9 Å². The molecule has 0 aromatic carbocycles. The average molecular weight is 1380 g/mol. The van der Waals surface area contributed by atoms with Crippen LogP contribution in [0, 0.1) is 0 Å². The summed E-state index contributed by atoms with van der Waals surface area (Å²) in [6.45, 7) is -0.375. The fourth-order valence-corrected chi connectivity index (χ4v) is 2.21. The Hall–Kier alpha value is -6.73. The van der Waals surface area contributed by atoms with Gasteiger partial charge in [-0.05, 0) is 27.7 Å². The average Bonchev–Trinajstić information content (AvgIpc) is 3.23. The number of alkyl halides is 31. The molecule has 0 aliphatic heterocycles. The van der Waals surface area contributed by atoms with Crippen molar-refractivity contribution in [3.05, 3.63) is 0 Å². The van der Waals surface area contributed by atoms with Gasteiger partial charge in [-0.15, -0.1) is 0 Å². The van der Waals surface area contributed by atoms with Gasteiger partial charge in [0.15, 0.2) is 6.04 Å². The van der Waals surface area contributed by atoms with Crippen LogP contribution in [0.4, 0.5) is 136 Å². The first-order valence-electron chi connectivity index (χ1n) is 19.2. The molecule has 0 aromatic rings. The lowest BCUT2D eigenvalue weighted by molar-refractivity contribution is -0.265. The molecule has 55 heteroatoms. The Morgan fingerprint density at radius 3 is 0.494 bits per heavy atom. The van der Waals surface area contributed by atoms with Gasteiger partial charge in [-0.3, -0.25) is 47.8 Å².